The van der Waals surface area contributed by atoms with Gasteiger partial charge in [-0.3, -0.25) is 9.69 Å². The zero-order chi connectivity index (χ0) is 19.5. The molecule has 2 fully saturated rings. The predicted molar refractivity (Wildman–Crippen MR) is 104 cm³/mol. The number of primary sulfonamides is 1. The summed E-state index contributed by atoms with van der Waals surface area (Å²) in [6, 6.07) is 6.30. The fourth-order valence-corrected chi connectivity index (χ4v) is 4.88. The van der Waals surface area contributed by atoms with Crippen molar-refractivity contribution in [3.8, 4) is 0 Å². The third-order valence-electron chi connectivity index (χ3n) is 6.02. The molecule has 1 aromatic carbocycles. The Bertz CT molecular complexity index is 1060. The van der Waals surface area contributed by atoms with E-state index in [0.717, 1.165) is 49.9 Å². The van der Waals surface area contributed by atoms with Gasteiger partial charge in [-0.15, -0.1) is 0 Å². The van der Waals surface area contributed by atoms with Crippen molar-refractivity contribution in [2.24, 2.45) is 5.14 Å². The van der Waals surface area contributed by atoms with Crippen molar-refractivity contribution in [2.45, 2.75) is 54.9 Å². The Morgan fingerprint density at radius 2 is 1.82 bits per heavy atom. The minimum absolute atomic E-state index is 0.0432. The SMILES string of the molecule is NS(=O)(=O)c1ccc(Nc2ncc3c(n2)N(C2CCCC2)C(=O)C32CC2)cc1. The molecule has 3 aliphatic rings. The molecule has 3 N–H and O–H groups in total. The number of hydrogen-bond donors (Lipinski definition) is 2. The quantitative estimate of drug-likeness (QED) is 0.813. The minimum atomic E-state index is -3.73. The number of nitrogens with zero attached hydrogens (tertiary/aromatic N) is 3. The van der Waals surface area contributed by atoms with Crippen LogP contribution in [-0.2, 0) is 20.2 Å². The van der Waals surface area contributed by atoms with Crippen molar-refractivity contribution >= 4 is 33.4 Å². The molecule has 5 rings (SSSR count). The van der Waals surface area contributed by atoms with Gasteiger partial charge in [0.15, 0.2) is 0 Å². The lowest BCUT2D eigenvalue weighted by Gasteiger charge is -2.24. The third kappa shape index (κ3) is 2.68. The average molecular weight is 399 g/mol. The predicted octanol–water partition coefficient (Wildman–Crippen LogP) is 2.19. The van der Waals surface area contributed by atoms with Crippen molar-refractivity contribution in [3.05, 3.63) is 36.0 Å². The van der Waals surface area contributed by atoms with Crippen molar-refractivity contribution in [1.29, 1.82) is 0 Å². The maximum absolute atomic E-state index is 13.1. The molecular formula is C19H21N5O3S. The number of amides is 1. The second kappa shape index (κ2) is 5.99. The fourth-order valence-electron chi connectivity index (χ4n) is 4.36. The molecule has 2 aromatic rings. The Kier molecular flexibility index (Phi) is 3.76. The van der Waals surface area contributed by atoms with Crippen molar-refractivity contribution in [3.63, 3.8) is 0 Å². The summed E-state index contributed by atoms with van der Waals surface area (Å²) in [5, 5.41) is 8.22. The fraction of sp³-hybridized carbons (Fsp3) is 0.421. The number of aromatic nitrogens is 2. The van der Waals surface area contributed by atoms with E-state index in [1.807, 2.05) is 4.90 Å². The minimum Gasteiger partial charge on any atom is -0.324 e. The topological polar surface area (TPSA) is 118 Å². The van der Waals surface area contributed by atoms with Crippen LogP contribution in [0.15, 0.2) is 35.4 Å². The largest absolute Gasteiger partial charge is 0.324 e. The summed E-state index contributed by atoms with van der Waals surface area (Å²) in [5.41, 5.74) is 1.19. The van der Waals surface area contributed by atoms with Crippen LogP contribution in [0.3, 0.4) is 0 Å². The van der Waals surface area contributed by atoms with Crippen LogP contribution in [-0.4, -0.2) is 30.3 Å². The Morgan fingerprint density at radius 1 is 1.14 bits per heavy atom. The highest BCUT2D eigenvalue weighted by atomic mass is 32.2. The maximum atomic E-state index is 13.1. The van der Waals surface area contributed by atoms with Gasteiger partial charge in [-0.05, 0) is 49.9 Å². The highest BCUT2D eigenvalue weighted by Crippen LogP contribution is 2.57. The molecule has 0 radical (unpaired) electrons. The summed E-state index contributed by atoms with van der Waals surface area (Å²) in [6.45, 7) is 0. The zero-order valence-electron chi connectivity index (χ0n) is 15.3. The number of nitrogens with one attached hydrogen (secondary N) is 1. The Labute approximate surface area is 163 Å². The smallest absolute Gasteiger partial charge is 0.239 e. The third-order valence-corrected chi connectivity index (χ3v) is 6.95. The number of fused-ring (bicyclic) bond motifs is 2. The molecule has 0 unspecified atom stereocenters. The second-order valence-corrected chi connectivity index (χ2v) is 9.38. The molecule has 2 saturated carbocycles. The van der Waals surface area contributed by atoms with Gasteiger partial charge >= 0.3 is 0 Å². The van der Waals surface area contributed by atoms with E-state index < -0.39 is 15.4 Å². The van der Waals surface area contributed by atoms with Gasteiger partial charge in [-0.25, -0.2) is 18.5 Å². The van der Waals surface area contributed by atoms with Crippen molar-refractivity contribution in [1.82, 2.24) is 9.97 Å². The molecule has 8 nitrogen and oxygen atoms in total. The highest BCUT2D eigenvalue weighted by molar-refractivity contribution is 7.89. The van der Waals surface area contributed by atoms with E-state index in [1.165, 1.54) is 12.1 Å². The van der Waals surface area contributed by atoms with E-state index in [1.54, 1.807) is 18.3 Å². The summed E-state index contributed by atoms with van der Waals surface area (Å²) in [4.78, 5) is 24.1. The lowest BCUT2D eigenvalue weighted by atomic mass is 10.0. The number of carbonyl (C=O) groups is 1. The first kappa shape index (κ1) is 17.6. The molecule has 2 heterocycles. The molecule has 1 aromatic heterocycles. The van der Waals surface area contributed by atoms with E-state index in [-0.39, 0.29) is 16.8 Å². The van der Waals surface area contributed by atoms with E-state index in [2.05, 4.69) is 15.3 Å². The van der Waals surface area contributed by atoms with Gasteiger partial charge in [-0.1, -0.05) is 12.8 Å². The highest BCUT2D eigenvalue weighted by Gasteiger charge is 2.61. The van der Waals surface area contributed by atoms with Crippen LogP contribution in [0.5, 0.6) is 0 Å². The average Bonchev–Trinajstić information content (AvgIpc) is 3.22. The summed E-state index contributed by atoms with van der Waals surface area (Å²) < 4.78 is 22.8. The van der Waals surface area contributed by atoms with Gasteiger partial charge in [0.1, 0.15) is 5.82 Å². The number of sulfonamides is 1. The molecule has 1 amide bonds. The Balaban J connectivity index is 1.46. The van der Waals surface area contributed by atoms with Crippen LogP contribution in [0.25, 0.3) is 0 Å². The molecule has 0 atom stereocenters. The molecular weight excluding hydrogens is 378 g/mol. The van der Waals surface area contributed by atoms with Gasteiger partial charge in [-0.2, -0.15) is 4.98 Å². The van der Waals surface area contributed by atoms with E-state index in [4.69, 9.17) is 5.14 Å². The lowest BCUT2D eigenvalue weighted by molar-refractivity contribution is -0.120. The molecule has 1 spiro atoms. The Morgan fingerprint density at radius 3 is 2.43 bits per heavy atom. The monoisotopic (exact) mass is 399 g/mol. The van der Waals surface area contributed by atoms with Crippen LogP contribution >= 0.6 is 0 Å². The number of rotatable bonds is 4. The first-order valence-electron chi connectivity index (χ1n) is 9.50. The van der Waals surface area contributed by atoms with E-state index in [0.29, 0.717) is 11.6 Å². The Hall–Kier alpha value is -2.52. The number of carbonyl (C=O) groups excluding carboxylic acids is 1. The van der Waals surface area contributed by atoms with E-state index >= 15 is 0 Å². The molecule has 1 aliphatic heterocycles. The molecule has 9 heteroatoms. The summed E-state index contributed by atoms with van der Waals surface area (Å²) in [5.74, 6) is 1.29. The number of hydrogen-bond acceptors (Lipinski definition) is 6. The van der Waals surface area contributed by atoms with E-state index in [9.17, 15) is 13.2 Å². The zero-order valence-corrected chi connectivity index (χ0v) is 16.1. The normalized spacial score (nSPS) is 20.6. The first-order chi connectivity index (χ1) is 13.4. The lowest BCUT2D eigenvalue weighted by Crippen LogP contribution is -2.39. The first-order valence-corrected chi connectivity index (χ1v) is 11.0. The molecule has 2 aliphatic carbocycles. The van der Waals surface area contributed by atoms with Gasteiger partial charge in [0.25, 0.3) is 0 Å². The summed E-state index contributed by atoms with van der Waals surface area (Å²) >= 11 is 0. The second-order valence-electron chi connectivity index (χ2n) is 7.82. The van der Waals surface area contributed by atoms with Crippen LogP contribution in [0.2, 0.25) is 0 Å². The molecule has 0 bridgehead atoms. The van der Waals surface area contributed by atoms with Crippen LogP contribution < -0.4 is 15.4 Å². The van der Waals surface area contributed by atoms with Crippen molar-refractivity contribution in [2.75, 3.05) is 10.2 Å². The van der Waals surface area contributed by atoms with Gasteiger partial charge in [0.2, 0.25) is 21.9 Å². The summed E-state index contributed by atoms with van der Waals surface area (Å²) in [6.07, 6.45) is 7.82. The molecule has 146 valence electrons. The standard InChI is InChI=1S/C19H21N5O3S/c20-28(26,27)14-7-5-12(6-8-14)22-18-21-11-15-16(23-18)24(13-3-1-2-4-13)17(25)19(15)9-10-19/h5-8,11,13H,1-4,9-10H2,(H2,20,26,27)(H,21,22,23). The van der Waals surface area contributed by atoms with Crippen LogP contribution in [0.4, 0.5) is 17.5 Å². The van der Waals surface area contributed by atoms with Crippen LogP contribution in [0, 0.1) is 0 Å². The number of nitrogens with two attached hydrogens (primary N) is 1. The maximum Gasteiger partial charge on any atom is 0.239 e. The van der Waals surface area contributed by atoms with Gasteiger partial charge < -0.3 is 5.32 Å². The molecule has 0 saturated heterocycles. The molecule has 28 heavy (non-hydrogen) atoms. The number of benzene rings is 1. The van der Waals surface area contributed by atoms with Crippen LogP contribution in [0.1, 0.15) is 44.1 Å². The van der Waals surface area contributed by atoms with Gasteiger partial charge in [0, 0.05) is 23.5 Å². The summed E-state index contributed by atoms with van der Waals surface area (Å²) in [7, 11) is -3.73. The van der Waals surface area contributed by atoms with Gasteiger partial charge in [0.05, 0.1) is 10.3 Å². The van der Waals surface area contributed by atoms with Crippen molar-refractivity contribution < 1.29 is 13.2 Å². The number of anilines is 3.